The maximum absolute atomic E-state index is 11.6. The van der Waals surface area contributed by atoms with Crippen molar-refractivity contribution in [3.05, 3.63) is 34.3 Å². The van der Waals surface area contributed by atoms with Crippen molar-refractivity contribution in [1.82, 2.24) is 5.32 Å². The minimum Gasteiger partial charge on any atom is -0.353 e. The molecule has 1 aliphatic rings. The van der Waals surface area contributed by atoms with Gasteiger partial charge in [-0.05, 0) is 37.3 Å². The molecule has 1 aromatic carbocycles. The molecule has 0 aliphatic heterocycles. The van der Waals surface area contributed by atoms with Gasteiger partial charge in [0, 0.05) is 16.9 Å². The third-order valence-electron chi connectivity index (χ3n) is 3.05. The van der Waals surface area contributed by atoms with Gasteiger partial charge in [-0.3, -0.25) is 4.79 Å². The lowest BCUT2D eigenvalue weighted by molar-refractivity contribution is -0.122. The first-order valence-corrected chi connectivity index (χ1v) is 6.58. The van der Waals surface area contributed by atoms with Crippen molar-refractivity contribution in [2.45, 2.75) is 38.1 Å². The fourth-order valence-electron chi connectivity index (χ4n) is 1.80. The predicted octanol–water partition coefficient (Wildman–Crippen LogP) is 3.05. The lowest BCUT2D eigenvalue weighted by atomic mass is 9.93. The molecule has 1 fully saturated rings. The van der Waals surface area contributed by atoms with Gasteiger partial charge in [0.2, 0.25) is 5.91 Å². The fourth-order valence-corrected chi connectivity index (χ4v) is 2.28. The summed E-state index contributed by atoms with van der Waals surface area (Å²) < 4.78 is 1.09. The molecule has 0 aromatic heterocycles. The van der Waals surface area contributed by atoms with Gasteiger partial charge in [0.1, 0.15) is 0 Å². The number of amides is 1. The van der Waals surface area contributed by atoms with Gasteiger partial charge in [0.25, 0.3) is 0 Å². The summed E-state index contributed by atoms with van der Waals surface area (Å²) in [5.41, 5.74) is 1.20. The van der Waals surface area contributed by atoms with Gasteiger partial charge in [-0.15, -0.1) is 0 Å². The fraction of sp³-hybridized carbons (Fsp3) is 0.462. The highest BCUT2D eigenvalue weighted by Crippen LogP contribution is 2.19. The number of carbonyl (C=O) groups excluding carboxylic acids is 1. The van der Waals surface area contributed by atoms with Crippen LogP contribution in [-0.2, 0) is 11.2 Å². The molecule has 0 saturated heterocycles. The van der Waals surface area contributed by atoms with E-state index in [1.807, 2.05) is 18.2 Å². The van der Waals surface area contributed by atoms with Crippen LogP contribution < -0.4 is 5.32 Å². The number of benzene rings is 1. The lowest BCUT2D eigenvalue weighted by Crippen LogP contribution is -2.39. The van der Waals surface area contributed by atoms with E-state index in [-0.39, 0.29) is 5.91 Å². The molecule has 0 unspecified atom stereocenters. The van der Waals surface area contributed by atoms with E-state index in [2.05, 4.69) is 27.3 Å². The number of carbonyl (C=O) groups is 1. The SMILES string of the molecule is O=C(CCc1ccccc1Br)NC1CCC1. The summed E-state index contributed by atoms with van der Waals surface area (Å²) in [5, 5.41) is 3.05. The molecule has 16 heavy (non-hydrogen) atoms. The van der Waals surface area contributed by atoms with Gasteiger partial charge in [0.15, 0.2) is 0 Å². The first kappa shape index (κ1) is 11.6. The summed E-state index contributed by atoms with van der Waals surface area (Å²) in [6, 6.07) is 8.51. The van der Waals surface area contributed by atoms with Crippen LogP contribution in [0.5, 0.6) is 0 Å². The summed E-state index contributed by atoms with van der Waals surface area (Å²) in [4.78, 5) is 11.6. The van der Waals surface area contributed by atoms with Crippen molar-refractivity contribution in [1.29, 1.82) is 0 Å². The predicted molar refractivity (Wildman–Crippen MR) is 68.2 cm³/mol. The monoisotopic (exact) mass is 281 g/mol. The van der Waals surface area contributed by atoms with E-state index in [1.54, 1.807) is 0 Å². The van der Waals surface area contributed by atoms with Gasteiger partial charge < -0.3 is 5.32 Å². The van der Waals surface area contributed by atoms with E-state index in [4.69, 9.17) is 0 Å². The topological polar surface area (TPSA) is 29.1 Å². The second-order valence-electron chi connectivity index (χ2n) is 4.29. The molecule has 0 atom stereocenters. The zero-order valence-electron chi connectivity index (χ0n) is 9.21. The minimum atomic E-state index is 0.181. The molecule has 0 heterocycles. The second-order valence-corrected chi connectivity index (χ2v) is 5.14. The van der Waals surface area contributed by atoms with Gasteiger partial charge in [-0.1, -0.05) is 34.1 Å². The molecule has 1 aliphatic carbocycles. The Balaban J connectivity index is 1.78. The van der Waals surface area contributed by atoms with Crippen molar-refractivity contribution in [2.75, 3.05) is 0 Å². The molecule has 2 rings (SSSR count). The number of nitrogens with one attached hydrogen (secondary N) is 1. The molecule has 0 bridgehead atoms. The molecular weight excluding hydrogens is 266 g/mol. The molecule has 2 nitrogen and oxygen atoms in total. The zero-order valence-corrected chi connectivity index (χ0v) is 10.8. The molecule has 1 aromatic rings. The summed E-state index contributed by atoms with van der Waals surface area (Å²) in [6.07, 6.45) is 4.95. The molecule has 86 valence electrons. The normalized spacial score (nSPS) is 15.6. The van der Waals surface area contributed by atoms with Crippen molar-refractivity contribution in [2.24, 2.45) is 0 Å². The highest BCUT2D eigenvalue weighted by Gasteiger charge is 2.18. The van der Waals surface area contributed by atoms with Crippen molar-refractivity contribution < 1.29 is 4.79 Å². The maximum Gasteiger partial charge on any atom is 0.220 e. The second kappa shape index (κ2) is 5.48. The Labute approximate surface area is 105 Å². The number of hydrogen-bond donors (Lipinski definition) is 1. The largest absolute Gasteiger partial charge is 0.353 e. The first-order chi connectivity index (χ1) is 7.75. The van der Waals surface area contributed by atoms with Crippen LogP contribution in [-0.4, -0.2) is 11.9 Å². The Hall–Kier alpha value is -0.830. The van der Waals surface area contributed by atoms with Gasteiger partial charge in [0.05, 0.1) is 0 Å². The first-order valence-electron chi connectivity index (χ1n) is 5.78. The van der Waals surface area contributed by atoms with Crippen molar-refractivity contribution in [3.8, 4) is 0 Å². The van der Waals surface area contributed by atoms with Crippen molar-refractivity contribution >= 4 is 21.8 Å². The Morgan fingerprint density at radius 2 is 2.12 bits per heavy atom. The van der Waals surface area contributed by atoms with E-state index in [1.165, 1.54) is 12.0 Å². The number of halogens is 1. The number of hydrogen-bond acceptors (Lipinski definition) is 1. The van der Waals surface area contributed by atoms with E-state index >= 15 is 0 Å². The molecule has 1 amide bonds. The van der Waals surface area contributed by atoms with E-state index in [9.17, 15) is 4.79 Å². The average molecular weight is 282 g/mol. The molecule has 3 heteroatoms. The third-order valence-corrected chi connectivity index (χ3v) is 3.82. The maximum atomic E-state index is 11.6. The quantitative estimate of drug-likeness (QED) is 0.903. The highest BCUT2D eigenvalue weighted by molar-refractivity contribution is 9.10. The van der Waals surface area contributed by atoms with Crippen molar-refractivity contribution in [3.63, 3.8) is 0 Å². The minimum absolute atomic E-state index is 0.181. The van der Waals surface area contributed by atoms with Crippen LogP contribution in [0, 0.1) is 0 Å². The zero-order chi connectivity index (χ0) is 11.4. The van der Waals surface area contributed by atoms with Crippen LogP contribution in [0.1, 0.15) is 31.2 Å². The molecule has 0 radical (unpaired) electrons. The molecule has 1 N–H and O–H groups in total. The van der Waals surface area contributed by atoms with E-state index in [0.29, 0.717) is 12.5 Å². The Morgan fingerprint density at radius 3 is 2.75 bits per heavy atom. The Morgan fingerprint density at radius 1 is 1.38 bits per heavy atom. The Kier molecular flexibility index (Phi) is 3.99. The summed E-state index contributed by atoms with van der Waals surface area (Å²) in [5.74, 6) is 0.181. The van der Waals surface area contributed by atoms with Crippen LogP contribution in [0.3, 0.4) is 0 Å². The molecule has 1 saturated carbocycles. The van der Waals surface area contributed by atoms with Gasteiger partial charge in [-0.25, -0.2) is 0 Å². The summed E-state index contributed by atoms with van der Waals surface area (Å²) in [7, 11) is 0. The average Bonchev–Trinajstić information content (AvgIpc) is 2.22. The van der Waals surface area contributed by atoms with Crippen LogP contribution in [0.25, 0.3) is 0 Å². The molecule has 0 spiro atoms. The van der Waals surface area contributed by atoms with Crippen LogP contribution in [0.15, 0.2) is 28.7 Å². The summed E-state index contributed by atoms with van der Waals surface area (Å²) in [6.45, 7) is 0. The van der Waals surface area contributed by atoms with Crippen LogP contribution >= 0.6 is 15.9 Å². The van der Waals surface area contributed by atoms with Gasteiger partial charge in [-0.2, -0.15) is 0 Å². The standard InChI is InChI=1S/C13H16BrNO/c14-12-7-2-1-4-10(12)8-9-13(16)15-11-5-3-6-11/h1-2,4,7,11H,3,5-6,8-9H2,(H,15,16). The van der Waals surface area contributed by atoms with E-state index in [0.717, 1.165) is 23.7 Å². The van der Waals surface area contributed by atoms with Crippen LogP contribution in [0.2, 0.25) is 0 Å². The lowest BCUT2D eigenvalue weighted by Gasteiger charge is -2.26. The Bertz CT molecular complexity index is 374. The van der Waals surface area contributed by atoms with Gasteiger partial charge >= 0.3 is 0 Å². The number of rotatable bonds is 4. The number of aryl methyl sites for hydroxylation is 1. The summed E-state index contributed by atoms with van der Waals surface area (Å²) >= 11 is 3.49. The smallest absolute Gasteiger partial charge is 0.220 e. The highest BCUT2D eigenvalue weighted by atomic mass is 79.9. The van der Waals surface area contributed by atoms with Crippen LogP contribution in [0.4, 0.5) is 0 Å². The third kappa shape index (κ3) is 3.08. The molecular formula is C13H16BrNO. The van der Waals surface area contributed by atoms with E-state index < -0.39 is 0 Å².